The number of hydrogen-bond acceptors (Lipinski definition) is 6. The summed E-state index contributed by atoms with van der Waals surface area (Å²) in [6, 6.07) is 20.7. The standard InChI is InChI=1S/C22H19N5O2S/c1-29-19-11-9-18(10-12-19)27-21(16-6-5-13-23-14-16)25-26-22(27)30-15-20(28)24-17-7-3-2-4-8-17/h2-14H,15H2,1H3,(H,24,28). The SMILES string of the molecule is COc1ccc(-n2c(SCC(=O)Nc3ccccc3)nnc2-c2cccnc2)cc1. The van der Waals surface area contributed by atoms with Crippen molar-refractivity contribution in [1.82, 2.24) is 19.7 Å². The molecule has 4 aromatic rings. The highest BCUT2D eigenvalue weighted by molar-refractivity contribution is 7.99. The van der Waals surface area contributed by atoms with Crippen molar-refractivity contribution in [2.45, 2.75) is 5.16 Å². The summed E-state index contributed by atoms with van der Waals surface area (Å²) in [4.78, 5) is 16.6. The molecule has 1 amide bonds. The predicted octanol–water partition coefficient (Wildman–Crippen LogP) is 4.07. The molecule has 150 valence electrons. The molecule has 0 saturated carbocycles. The molecule has 0 saturated heterocycles. The van der Waals surface area contributed by atoms with Crippen molar-refractivity contribution >= 4 is 23.4 Å². The van der Waals surface area contributed by atoms with Gasteiger partial charge in [-0.2, -0.15) is 0 Å². The summed E-state index contributed by atoms with van der Waals surface area (Å²) in [6.07, 6.45) is 3.45. The number of pyridine rings is 1. The molecule has 0 fully saturated rings. The van der Waals surface area contributed by atoms with Crippen molar-refractivity contribution in [2.75, 3.05) is 18.2 Å². The number of carbonyl (C=O) groups is 1. The Bertz CT molecular complexity index is 1120. The third-order valence-corrected chi connectivity index (χ3v) is 5.20. The van der Waals surface area contributed by atoms with Crippen LogP contribution in [0.5, 0.6) is 5.75 Å². The van der Waals surface area contributed by atoms with Gasteiger partial charge in [0.15, 0.2) is 11.0 Å². The van der Waals surface area contributed by atoms with Crippen LogP contribution >= 0.6 is 11.8 Å². The number of anilines is 1. The first kappa shape index (κ1) is 19.7. The first-order chi connectivity index (χ1) is 14.7. The van der Waals surface area contributed by atoms with Crippen molar-refractivity contribution in [3.8, 4) is 22.8 Å². The number of nitrogens with one attached hydrogen (secondary N) is 1. The number of methoxy groups -OCH3 is 1. The van der Waals surface area contributed by atoms with E-state index in [0.29, 0.717) is 11.0 Å². The van der Waals surface area contributed by atoms with Gasteiger partial charge < -0.3 is 10.1 Å². The van der Waals surface area contributed by atoms with Crippen LogP contribution in [0.25, 0.3) is 17.1 Å². The first-order valence-corrected chi connectivity index (χ1v) is 10.2. The van der Waals surface area contributed by atoms with E-state index >= 15 is 0 Å². The van der Waals surface area contributed by atoms with E-state index in [1.165, 1.54) is 11.8 Å². The van der Waals surface area contributed by atoms with Crippen molar-refractivity contribution in [3.05, 3.63) is 79.1 Å². The summed E-state index contributed by atoms with van der Waals surface area (Å²) < 4.78 is 7.17. The third kappa shape index (κ3) is 4.49. The van der Waals surface area contributed by atoms with E-state index in [4.69, 9.17) is 4.74 Å². The fraction of sp³-hybridized carbons (Fsp3) is 0.0909. The number of hydrogen-bond donors (Lipinski definition) is 1. The van der Waals surface area contributed by atoms with E-state index in [1.807, 2.05) is 71.3 Å². The van der Waals surface area contributed by atoms with Gasteiger partial charge in [0, 0.05) is 29.3 Å². The van der Waals surface area contributed by atoms with Crippen molar-refractivity contribution in [3.63, 3.8) is 0 Å². The molecule has 0 aliphatic carbocycles. The Morgan fingerprint density at radius 1 is 1.03 bits per heavy atom. The van der Waals surface area contributed by atoms with Gasteiger partial charge in [-0.05, 0) is 48.5 Å². The van der Waals surface area contributed by atoms with Gasteiger partial charge >= 0.3 is 0 Å². The lowest BCUT2D eigenvalue weighted by atomic mass is 10.2. The van der Waals surface area contributed by atoms with Gasteiger partial charge in [0.25, 0.3) is 0 Å². The minimum atomic E-state index is -0.113. The molecule has 1 N–H and O–H groups in total. The zero-order valence-corrected chi connectivity index (χ0v) is 17.0. The molecule has 0 aliphatic heterocycles. The average molecular weight is 417 g/mol. The Labute approximate surface area is 178 Å². The molecule has 0 unspecified atom stereocenters. The molecule has 30 heavy (non-hydrogen) atoms. The Kier molecular flexibility index (Phi) is 6.05. The second-order valence-electron chi connectivity index (χ2n) is 6.28. The number of amides is 1. The van der Waals surface area contributed by atoms with Gasteiger partial charge in [-0.25, -0.2) is 0 Å². The maximum atomic E-state index is 12.4. The molecule has 2 heterocycles. The van der Waals surface area contributed by atoms with Crippen LogP contribution < -0.4 is 10.1 Å². The van der Waals surface area contributed by atoms with Gasteiger partial charge in [-0.3, -0.25) is 14.3 Å². The molecular weight excluding hydrogens is 398 g/mol. The van der Waals surface area contributed by atoms with Gasteiger partial charge in [0.2, 0.25) is 5.91 Å². The summed E-state index contributed by atoms with van der Waals surface area (Å²) >= 11 is 1.32. The molecule has 2 aromatic carbocycles. The molecular formula is C22H19N5O2S. The molecule has 8 heteroatoms. The second-order valence-corrected chi connectivity index (χ2v) is 7.23. The third-order valence-electron chi connectivity index (χ3n) is 4.27. The van der Waals surface area contributed by atoms with Gasteiger partial charge in [-0.1, -0.05) is 30.0 Å². The number of rotatable bonds is 7. The number of carbonyl (C=O) groups excluding carboxylic acids is 1. The van der Waals surface area contributed by atoms with Crippen molar-refractivity contribution in [1.29, 1.82) is 0 Å². The highest BCUT2D eigenvalue weighted by atomic mass is 32.2. The highest BCUT2D eigenvalue weighted by Crippen LogP contribution is 2.28. The lowest BCUT2D eigenvalue weighted by Gasteiger charge is -2.11. The van der Waals surface area contributed by atoms with E-state index < -0.39 is 0 Å². The molecule has 7 nitrogen and oxygen atoms in total. The Hall–Kier alpha value is -3.65. The number of nitrogens with zero attached hydrogens (tertiary/aromatic N) is 4. The predicted molar refractivity (Wildman–Crippen MR) is 117 cm³/mol. The Morgan fingerprint density at radius 2 is 1.83 bits per heavy atom. The molecule has 0 spiro atoms. The average Bonchev–Trinajstić information content (AvgIpc) is 3.23. The molecule has 0 aliphatic rings. The summed E-state index contributed by atoms with van der Waals surface area (Å²) in [7, 11) is 1.63. The number of para-hydroxylation sites is 1. The summed E-state index contributed by atoms with van der Waals surface area (Å²) in [5.41, 5.74) is 2.46. The number of ether oxygens (including phenoxy) is 1. The molecule has 0 radical (unpaired) electrons. The van der Waals surface area contributed by atoms with Crippen molar-refractivity contribution < 1.29 is 9.53 Å². The van der Waals surface area contributed by atoms with Crippen molar-refractivity contribution in [2.24, 2.45) is 0 Å². The molecule has 0 bridgehead atoms. The number of thioether (sulfide) groups is 1. The minimum Gasteiger partial charge on any atom is -0.497 e. The van der Waals surface area contributed by atoms with Crippen LogP contribution in [0.1, 0.15) is 0 Å². The molecule has 2 aromatic heterocycles. The number of aromatic nitrogens is 4. The molecule has 0 atom stereocenters. The zero-order valence-electron chi connectivity index (χ0n) is 16.2. The van der Waals surface area contributed by atoms with Crippen LogP contribution in [0.2, 0.25) is 0 Å². The van der Waals surface area contributed by atoms with E-state index in [9.17, 15) is 4.79 Å². The maximum absolute atomic E-state index is 12.4. The highest BCUT2D eigenvalue weighted by Gasteiger charge is 2.17. The van der Waals surface area contributed by atoms with E-state index in [-0.39, 0.29) is 11.7 Å². The van der Waals surface area contributed by atoms with Crippen LogP contribution in [0.3, 0.4) is 0 Å². The van der Waals surface area contributed by atoms with Crippen LogP contribution in [0, 0.1) is 0 Å². The number of benzene rings is 2. The van der Waals surface area contributed by atoms with Gasteiger partial charge in [0.1, 0.15) is 5.75 Å². The van der Waals surface area contributed by atoms with E-state index in [1.54, 1.807) is 19.5 Å². The second kappa shape index (κ2) is 9.23. The lowest BCUT2D eigenvalue weighted by molar-refractivity contribution is -0.113. The lowest BCUT2D eigenvalue weighted by Crippen LogP contribution is -2.14. The van der Waals surface area contributed by atoms with E-state index in [2.05, 4.69) is 20.5 Å². The Balaban J connectivity index is 1.60. The smallest absolute Gasteiger partial charge is 0.234 e. The van der Waals surface area contributed by atoms with Crippen LogP contribution in [-0.2, 0) is 4.79 Å². The Morgan fingerprint density at radius 3 is 2.53 bits per heavy atom. The van der Waals surface area contributed by atoms with Gasteiger partial charge in [0.05, 0.1) is 12.9 Å². The fourth-order valence-electron chi connectivity index (χ4n) is 2.86. The van der Waals surface area contributed by atoms with Crippen LogP contribution in [-0.4, -0.2) is 38.5 Å². The minimum absolute atomic E-state index is 0.113. The van der Waals surface area contributed by atoms with Crippen LogP contribution in [0.4, 0.5) is 5.69 Å². The monoisotopic (exact) mass is 417 g/mol. The first-order valence-electron chi connectivity index (χ1n) is 9.22. The summed E-state index contributed by atoms with van der Waals surface area (Å²) in [5, 5.41) is 12.2. The summed E-state index contributed by atoms with van der Waals surface area (Å²) in [5.74, 6) is 1.50. The largest absolute Gasteiger partial charge is 0.497 e. The maximum Gasteiger partial charge on any atom is 0.234 e. The topological polar surface area (TPSA) is 81.9 Å². The molecule has 4 rings (SSSR count). The fourth-order valence-corrected chi connectivity index (χ4v) is 3.61. The quantitative estimate of drug-likeness (QED) is 0.457. The van der Waals surface area contributed by atoms with Gasteiger partial charge in [-0.15, -0.1) is 10.2 Å². The summed E-state index contributed by atoms with van der Waals surface area (Å²) in [6.45, 7) is 0. The van der Waals surface area contributed by atoms with E-state index in [0.717, 1.165) is 22.7 Å². The zero-order chi connectivity index (χ0) is 20.8. The van der Waals surface area contributed by atoms with Crippen LogP contribution in [0.15, 0.2) is 84.3 Å². The normalized spacial score (nSPS) is 10.6.